The van der Waals surface area contributed by atoms with Crippen LogP contribution >= 0.6 is 15.9 Å². The van der Waals surface area contributed by atoms with Crippen molar-refractivity contribution < 1.29 is 9.47 Å². The number of benzene rings is 1. The molecule has 2 N–H and O–H groups in total. The Hall–Kier alpha value is -0.740. The summed E-state index contributed by atoms with van der Waals surface area (Å²) in [6.07, 6.45) is 5.58. The summed E-state index contributed by atoms with van der Waals surface area (Å²) in [7, 11) is 0. The van der Waals surface area contributed by atoms with Gasteiger partial charge in [-0.15, -0.1) is 0 Å². The highest BCUT2D eigenvalue weighted by atomic mass is 79.9. The fourth-order valence-corrected chi connectivity index (χ4v) is 4.52. The molecule has 2 saturated carbocycles. The van der Waals surface area contributed by atoms with Gasteiger partial charge in [0.05, 0.1) is 17.7 Å². The average Bonchev–Trinajstić information content (AvgIpc) is 3.09. The molecule has 4 heteroatoms. The Labute approximate surface area is 135 Å². The minimum absolute atomic E-state index is 0.505. The first-order chi connectivity index (χ1) is 10.2. The van der Waals surface area contributed by atoms with Crippen molar-refractivity contribution in [3.8, 4) is 11.5 Å². The van der Waals surface area contributed by atoms with Gasteiger partial charge in [-0.3, -0.25) is 0 Å². The summed E-state index contributed by atoms with van der Waals surface area (Å²) in [5, 5.41) is 0. The molecule has 3 nitrogen and oxygen atoms in total. The van der Waals surface area contributed by atoms with Crippen molar-refractivity contribution in [1.82, 2.24) is 0 Å². The normalized spacial score (nSPS) is 27.1. The van der Waals surface area contributed by atoms with E-state index in [-0.39, 0.29) is 0 Å². The van der Waals surface area contributed by atoms with Gasteiger partial charge in [-0.1, -0.05) is 6.42 Å². The largest absolute Gasteiger partial charge is 0.490 e. The van der Waals surface area contributed by atoms with E-state index < -0.39 is 0 Å². The minimum Gasteiger partial charge on any atom is -0.490 e. The van der Waals surface area contributed by atoms with E-state index >= 15 is 0 Å². The van der Waals surface area contributed by atoms with Crippen molar-refractivity contribution in [3.05, 3.63) is 22.2 Å². The number of fused-ring (bicyclic) bond motifs is 2. The molecule has 2 aliphatic rings. The van der Waals surface area contributed by atoms with E-state index in [2.05, 4.69) is 15.9 Å². The molecule has 2 aliphatic carbocycles. The first-order valence-electron chi connectivity index (χ1n) is 7.99. The number of nitrogens with two attached hydrogens (primary N) is 1. The number of rotatable bonds is 6. The van der Waals surface area contributed by atoms with Crippen LogP contribution in [0.25, 0.3) is 0 Å². The van der Waals surface area contributed by atoms with Gasteiger partial charge >= 0.3 is 0 Å². The second-order valence-electron chi connectivity index (χ2n) is 6.29. The standard InChI is InChI=1S/C17H24BrNO2/c1-2-20-16-8-12(9-19)7-15(18)17(16)21-10-14-6-11-3-4-13(14)5-11/h7-8,11,13-14H,2-6,9-10,19H2,1H3. The molecule has 3 atom stereocenters. The molecule has 3 rings (SSSR count). The zero-order valence-corrected chi connectivity index (χ0v) is 14.2. The quantitative estimate of drug-likeness (QED) is 0.836. The van der Waals surface area contributed by atoms with E-state index in [4.69, 9.17) is 15.2 Å². The van der Waals surface area contributed by atoms with Gasteiger partial charge in [-0.25, -0.2) is 0 Å². The maximum atomic E-state index is 6.14. The Kier molecular flexibility index (Phi) is 4.75. The van der Waals surface area contributed by atoms with Crippen LogP contribution in [0.4, 0.5) is 0 Å². The summed E-state index contributed by atoms with van der Waals surface area (Å²) < 4.78 is 12.8. The van der Waals surface area contributed by atoms with Gasteiger partial charge < -0.3 is 15.2 Å². The fourth-order valence-electron chi connectivity index (χ4n) is 3.91. The zero-order chi connectivity index (χ0) is 14.8. The molecule has 0 aliphatic heterocycles. The third kappa shape index (κ3) is 3.21. The Bertz CT molecular complexity index is 506. The summed E-state index contributed by atoms with van der Waals surface area (Å²) in [5.41, 5.74) is 6.78. The van der Waals surface area contributed by atoms with E-state index in [1.54, 1.807) is 0 Å². The van der Waals surface area contributed by atoms with Gasteiger partial charge in [0.1, 0.15) is 0 Å². The highest BCUT2D eigenvalue weighted by Crippen LogP contribution is 2.48. The maximum Gasteiger partial charge on any atom is 0.175 e. The topological polar surface area (TPSA) is 44.5 Å². The lowest BCUT2D eigenvalue weighted by molar-refractivity contribution is 0.186. The third-order valence-electron chi connectivity index (χ3n) is 4.93. The van der Waals surface area contributed by atoms with Crippen molar-refractivity contribution in [3.63, 3.8) is 0 Å². The van der Waals surface area contributed by atoms with Crippen molar-refractivity contribution in [2.45, 2.75) is 39.2 Å². The Balaban J connectivity index is 1.71. The molecule has 1 aromatic carbocycles. The van der Waals surface area contributed by atoms with E-state index in [9.17, 15) is 0 Å². The molecule has 0 heterocycles. The minimum atomic E-state index is 0.505. The van der Waals surface area contributed by atoms with Gasteiger partial charge in [-0.05, 0) is 77.6 Å². The lowest BCUT2D eigenvalue weighted by Gasteiger charge is -2.23. The first-order valence-corrected chi connectivity index (χ1v) is 8.78. The van der Waals surface area contributed by atoms with Gasteiger partial charge in [0, 0.05) is 6.54 Å². The highest BCUT2D eigenvalue weighted by Gasteiger charge is 2.39. The lowest BCUT2D eigenvalue weighted by atomic mass is 9.89. The van der Waals surface area contributed by atoms with Gasteiger partial charge in [-0.2, -0.15) is 0 Å². The molecule has 0 spiro atoms. The fraction of sp³-hybridized carbons (Fsp3) is 0.647. The van der Waals surface area contributed by atoms with Crippen LogP contribution in [0.1, 0.15) is 38.2 Å². The zero-order valence-electron chi connectivity index (χ0n) is 12.6. The van der Waals surface area contributed by atoms with Crippen LogP contribution in [-0.4, -0.2) is 13.2 Å². The summed E-state index contributed by atoms with van der Waals surface area (Å²) in [6, 6.07) is 4.02. The van der Waals surface area contributed by atoms with E-state index in [0.29, 0.717) is 13.2 Å². The van der Waals surface area contributed by atoms with Crippen LogP contribution in [-0.2, 0) is 6.54 Å². The molecule has 116 valence electrons. The van der Waals surface area contributed by atoms with Gasteiger partial charge in [0.25, 0.3) is 0 Å². The van der Waals surface area contributed by atoms with Crippen LogP contribution in [0.15, 0.2) is 16.6 Å². The molecule has 2 fully saturated rings. The van der Waals surface area contributed by atoms with Gasteiger partial charge in [0.2, 0.25) is 0 Å². The van der Waals surface area contributed by atoms with Crippen LogP contribution in [0.5, 0.6) is 11.5 Å². The second kappa shape index (κ2) is 6.57. The van der Waals surface area contributed by atoms with Crippen molar-refractivity contribution >= 4 is 15.9 Å². The molecule has 1 aromatic rings. The monoisotopic (exact) mass is 353 g/mol. The molecule has 0 aromatic heterocycles. The molecule has 2 bridgehead atoms. The summed E-state index contributed by atoms with van der Waals surface area (Å²) in [4.78, 5) is 0. The van der Waals surface area contributed by atoms with Crippen molar-refractivity contribution in [2.24, 2.45) is 23.5 Å². The first kappa shape index (κ1) is 15.2. The van der Waals surface area contributed by atoms with Crippen LogP contribution in [0.3, 0.4) is 0 Å². The molecular weight excluding hydrogens is 330 g/mol. The molecule has 3 unspecified atom stereocenters. The van der Waals surface area contributed by atoms with Crippen LogP contribution in [0.2, 0.25) is 0 Å². The second-order valence-corrected chi connectivity index (χ2v) is 7.14. The smallest absolute Gasteiger partial charge is 0.175 e. The number of halogens is 1. The summed E-state index contributed by atoms with van der Waals surface area (Å²) in [5.74, 6) is 4.19. The van der Waals surface area contributed by atoms with E-state index in [1.807, 2.05) is 19.1 Å². The predicted molar refractivity (Wildman–Crippen MR) is 87.6 cm³/mol. The molecule has 0 saturated heterocycles. The third-order valence-corrected chi connectivity index (χ3v) is 5.52. The molecular formula is C17H24BrNO2. The lowest BCUT2D eigenvalue weighted by Crippen LogP contribution is -2.19. The average molecular weight is 354 g/mol. The SMILES string of the molecule is CCOc1cc(CN)cc(Br)c1OCC1CC2CCC1C2. The number of hydrogen-bond donors (Lipinski definition) is 1. The Morgan fingerprint density at radius 1 is 1.24 bits per heavy atom. The summed E-state index contributed by atoms with van der Waals surface area (Å²) in [6.45, 7) is 3.93. The number of hydrogen-bond acceptors (Lipinski definition) is 3. The molecule has 21 heavy (non-hydrogen) atoms. The maximum absolute atomic E-state index is 6.14. The Morgan fingerprint density at radius 3 is 2.71 bits per heavy atom. The Morgan fingerprint density at radius 2 is 2.10 bits per heavy atom. The number of ether oxygens (including phenoxy) is 2. The van der Waals surface area contributed by atoms with Crippen molar-refractivity contribution in [2.75, 3.05) is 13.2 Å². The van der Waals surface area contributed by atoms with Crippen LogP contribution in [0, 0.1) is 17.8 Å². The van der Waals surface area contributed by atoms with E-state index in [0.717, 1.165) is 45.9 Å². The highest BCUT2D eigenvalue weighted by molar-refractivity contribution is 9.10. The summed E-state index contributed by atoms with van der Waals surface area (Å²) >= 11 is 3.60. The van der Waals surface area contributed by atoms with Crippen molar-refractivity contribution in [1.29, 1.82) is 0 Å². The van der Waals surface area contributed by atoms with E-state index in [1.165, 1.54) is 25.7 Å². The molecule has 0 amide bonds. The van der Waals surface area contributed by atoms with Gasteiger partial charge in [0.15, 0.2) is 11.5 Å². The predicted octanol–water partition coefficient (Wildman–Crippen LogP) is 4.12. The molecule has 0 radical (unpaired) electrons. The van der Waals surface area contributed by atoms with Crippen LogP contribution < -0.4 is 15.2 Å².